The number of amides is 2. The summed E-state index contributed by atoms with van der Waals surface area (Å²) in [5.74, 6) is -0.600. The number of anilines is 2. The lowest BCUT2D eigenvalue weighted by Gasteiger charge is -2.26. The molecule has 5 heteroatoms. The number of carbonyl (C=O) groups excluding carboxylic acids is 2. The number of fused-ring (bicyclic) bond motifs is 1. The summed E-state index contributed by atoms with van der Waals surface area (Å²) in [6.45, 7) is 0. The van der Waals surface area contributed by atoms with Crippen molar-refractivity contribution in [1.29, 1.82) is 5.26 Å². The molecule has 5 nitrogen and oxygen atoms in total. The average molecular weight is 229 g/mol. The summed E-state index contributed by atoms with van der Waals surface area (Å²) in [6.07, 6.45) is 1.13. The Morgan fingerprint density at radius 1 is 1.47 bits per heavy atom. The highest BCUT2D eigenvalue weighted by molar-refractivity contribution is 6.03. The lowest BCUT2D eigenvalue weighted by Crippen LogP contribution is -2.31. The van der Waals surface area contributed by atoms with Crippen LogP contribution in [0.15, 0.2) is 18.2 Å². The van der Waals surface area contributed by atoms with Gasteiger partial charge < -0.3 is 10.2 Å². The van der Waals surface area contributed by atoms with Gasteiger partial charge in [-0.25, -0.2) is 0 Å². The van der Waals surface area contributed by atoms with Gasteiger partial charge in [-0.3, -0.25) is 9.59 Å². The highest BCUT2D eigenvalue weighted by Crippen LogP contribution is 2.29. The molecule has 1 aromatic carbocycles. The average Bonchev–Trinajstić information content (AvgIpc) is 2.34. The van der Waals surface area contributed by atoms with E-state index in [-0.39, 0.29) is 5.91 Å². The second-order valence-corrected chi connectivity index (χ2v) is 3.86. The second-order valence-electron chi connectivity index (χ2n) is 3.86. The summed E-state index contributed by atoms with van der Waals surface area (Å²) in [5, 5.41) is 10.9. The molecule has 17 heavy (non-hydrogen) atoms. The van der Waals surface area contributed by atoms with Gasteiger partial charge in [0, 0.05) is 24.8 Å². The molecule has 0 fully saturated rings. The first-order valence-electron chi connectivity index (χ1n) is 5.22. The highest BCUT2D eigenvalue weighted by Gasteiger charge is 2.20. The Morgan fingerprint density at radius 3 is 2.94 bits per heavy atom. The summed E-state index contributed by atoms with van der Waals surface area (Å²) in [7, 11) is 1.73. The monoisotopic (exact) mass is 229 g/mol. The van der Waals surface area contributed by atoms with Crippen molar-refractivity contribution < 1.29 is 9.59 Å². The molecular formula is C12H11N3O2. The number of nitriles is 1. The van der Waals surface area contributed by atoms with Crippen LogP contribution in [0.4, 0.5) is 11.4 Å². The van der Waals surface area contributed by atoms with Crippen LogP contribution in [0.25, 0.3) is 0 Å². The van der Waals surface area contributed by atoms with Crippen molar-refractivity contribution in [2.24, 2.45) is 0 Å². The van der Waals surface area contributed by atoms with E-state index in [1.807, 2.05) is 0 Å². The standard InChI is InChI=1S/C12H11N3O2/c1-15-10-4-3-9(14-11(16)7-13)6-8(10)2-5-12(15)17/h3-4,6H,2,5H2,1H3,(H,14,16). The highest BCUT2D eigenvalue weighted by atomic mass is 16.2. The molecule has 2 amide bonds. The third kappa shape index (κ3) is 2.11. The molecule has 1 aromatic rings. The Morgan fingerprint density at radius 2 is 2.24 bits per heavy atom. The lowest BCUT2D eigenvalue weighted by atomic mass is 10.0. The molecule has 0 aliphatic carbocycles. The molecular weight excluding hydrogens is 218 g/mol. The van der Waals surface area contributed by atoms with Gasteiger partial charge in [-0.05, 0) is 30.2 Å². The van der Waals surface area contributed by atoms with Crippen molar-refractivity contribution in [2.45, 2.75) is 12.8 Å². The number of benzene rings is 1. The summed E-state index contributed by atoms with van der Waals surface area (Å²) in [5.41, 5.74) is 2.44. The lowest BCUT2D eigenvalue weighted by molar-refractivity contribution is -0.118. The molecule has 0 saturated carbocycles. The van der Waals surface area contributed by atoms with Gasteiger partial charge in [0.15, 0.2) is 6.07 Å². The van der Waals surface area contributed by atoms with Crippen LogP contribution in [0.3, 0.4) is 0 Å². The van der Waals surface area contributed by atoms with Crippen molar-refractivity contribution >= 4 is 23.2 Å². The van der Waals surface area contributed by atoms with Crippen LogP contribution in [-0.2, 0) is 16.0 Å². The maximum atomic E-state index is 11.5. The number of nitrogens with zero attached hydrogens (tertiary/aromatic N) is 2. The molecule has 1 heterocycles. The van der Waals surface area contributed by atoms with Gasteiger partial charge in [-0.2, -0.15) is 5.26 Å². The van der Waals surface area contributed by atoms with Crippen LogP contribution in [0.5, 0.6) is 0 Å². The van der Waals surface area contributed by atoms with E-state index in [9.17, 15) is 9.59 Å². The smallest absolute Gasteiger partial charge is 0.315 e. The molecule has 0 saturated heterocycles. The van der Waals surface area contributed by atoms with E-state index in [2.05, 4.69) is 5.32 Å². The topological polar surface area (TPSA) is 73.2 Å². The summed E-state index contributed by atoms with van der Waals surface area (Å²) >= 11 is 0. The zero-order valence-electron chi connectivity index (χ0n) is 9.36. The van der Waals surface area contributed by atoms with Crippen LogP contribution >= 0.6 is 0 Å². The Bertz CT molecular complexity index is 531. The number of hydrogen-bond acceptors (Lipinski definition) is 3. The molecule has 2 rings (SSSR count). The van der Waals surface area contributed by atoms with E-state index in [1.165, 1.54) is 6.07 Å². The first kappa shape index (κ1) is 11.1. The van der Waals surface area contributed by atoms with E-state index in [1.54, 1.807) is 30.1 Å². The maximum absolute atomic E-state index is 11.5. The summed E-state index contributed by atoms with van der Waals surface area (Å²) < 4.78 is 0. The fourth-order valence-corrected chi connectivity index (χ4v) is 1.89. The van der Waals surface area contributed by atoms with Crippen molar-refractivity contribution in [1.82, 2.24) is 0 Å². The third-order valence-corrected chi connectivity index (χ3v) is 2.78. The van der Waals surface area contributed by atoms with E-state index in [0.29, 0.717) is 18.5 Å². The number of rotatable bonds is 1. The Hall–Kier alpha value is -2.35. The summed E-state index contributed by atoms with van der Waals surface area (Å²) in [6, 6.07) is 6.75. The zero-order chi connectivity index (χ0) is 12.4. The predicted octanol–water partition coefficient (Wildman–Crippen LogP) is 1.06. The van der Waals surface area contributed by atoms with Crippen molar-refractivity contribution in [2.75, 3.05) is 17.3 Å². The Kier molecular flexibility index (Phi) is 2.79. The molecule has 0 unspecified atom stereocenters. The van der Waals surface area contributed by atoms with E-state index in [0.717, 1.165) is 11.3 Å². The number of hydrogen-bond donors (Lipinski definition) is 1. The fraction of sp³-hybridized carbons (Fsp3) is 0.250. The molecule has 0 spiro atoms. The molecule has 86 valence electrons. The predicted molar refractivity (Wildman–Crippen MR) is 62.4 cm³/mol. The van der Waals surface area contributed by atoms with Gasteiger partial charge in [0.2, 0.25) is 5.91 Å². The van der Waals surface area contributed by atoms with E-state index < -0.39 is 5.91 Å². The molecule has 0 aromatic heterocycles. The van der Waals surface area contributed by atoms with Crippen molar-refractivity contribution in [3.05, 3.63) is 23.8 Å². The van der Waals surface area contributed by atoms with E-state index >= 15 is 0 Å². The summed E-state index contributed by atoms with van der Waals surface area (Å²) in [4.78, 5) is 24.0. The minimum Gasteiger partial charge on any atom is -0.315 e. The van der Waals surface area contributed by atoms with Crippen LogP contribution in [0.1, 0.15) is 12.0 Å². The SMILES string of the molecule is CN1C(=O)CCc2cc(NC(=O)C#N)ccc21. The second kappa shape index (κ2) is 4.26. The van der Waals surface area contributed by atoms with Gasteiger partial charge in [0.05, 0.1) is 0 Å². The number of carbonyl (C=O) groups is 2. The zero-order valence-corrected chi connectivity index (χ0v) is 9.36. The molecule has 0 atom stereocenters. The van der Waals surface area contributed by atoms with Crippen LogP contribution in [0, 0.1) is 11.3 Å². The maximum Gasteiger partial charge on any atom is 0.326 e. The van der Waals surface area contributed by atoms with Crippen LogP contribution in [0.2, 0.25) is 0 Å². The first-order chi connectivity index (χ1) is 8.11. The van der Waals surface area contributed by atoms with Crippen molar-refractivity contribution in [3.63, 3.8) is 0 Å². The molecule has 1 N–H and O–H groups in total. The van der Waals surface area contributed by atoms with Gasteiger partial charge in [0.25, 0.3) is 0 Å². The molecule has 1 aliphatic heterocycles. The van der Waals surface area contributed by atoms with Gasteiger partial charge in [-0.15, -0.1) is 0 Å². The minimum atomic E-state index is -0.690. The first-order valence-corrected chi connectivity index (χ1v) is 5.22. The van der Waals surface area contributed by atoms with E-state index in [4.69, 9.17) is 5.26 Å². The Balaban J connectivity index is 2.30. The van der Waals surface area contributed by atoms with Crippen molar-refractivity contribution in [3.8, 4) is 6.07 Å². The molecule has 1 aliphatic rings. The van der Waals surface area contributed by atoms with Gasteiger partial charge in [0.1, 0.15) is 0 Å². The molecule has 0 radical (unpaired) electrons. The molecule has 0 bridgehead atoms. The van der Waals surface area contributed by atoms with Gasteiger partial charge in [-0.1, -0.05) is 0 Å². The van der Waals surface area contributed by atoms with Crippen LogP contribution < -0.4 is 10.2 Å². The number of nitrogens with one attached hydrogen (secondary N) is 1. The van der Waals surface area contributed by atoms with Crippen LogP contribution in [-0.4, -0.2) is 18.9 Å². The third-order valence-electron chi connectivity index (χ3n) is 2.78. The quantitative estimate of drug-likeness (QED) is 0.732. The number of aryl methyl sites for hydroxylation is 1. The minimum absolute atomic E-state index is 0.0892. The van der Waals surface area contributed by atoms with Gasteiger partial charge >= 0.3 is 5.91 Å². The largest absolute Gasteiger partial charge is 0.326 e. The normalized spacial score (nSPS) is 13.9. The fourth-order valence-electron chi connectivity index (χ4n) is 1.89. The Labute approximate surface area is 98.6 Å².